The first-order valence-corrected chi connectivity index (χ1v) is 10.9. The highest BCUT2D eigenvalue weighted by molar-refractivity contribution is 7.13. The molecule has 5 rings (SSSR count). The van der Waals surface area contributed by atoms with E-state index in [4.69, 9.17) is 0 Å². The molecule has 0 aliphatic heterocycles. The van der Waals surface area contributed by atoms with E-state index in [2.05, 4.69) is 25.5 Å². The van der Waals surface area contributed by atoms with Crippen molar-refractivity contribution in [3.8, 4) is 10.6 Å². The third kappa shape index (κ3) is 4.39. The highest BCUT2D eigenvalue weighted by atomic mass is 32.1. The van der Waals surface area contributed by atoms with Crippen molar-refractivity contribution in [1.82, 2.24) is 29.4 Å². The van der Waals surface area contributed by atoms with Crippen LogP contribution in [0.2, 0.25) is 0 Å². The molecule has 0 saturated carbocycles. The Balaban J connectivity index is 1.41. The smallest absolute Gasteiger partial charge is 0.288 e. The van der Waals surface area contributed by atoms with Crippen LogP contribution >= 0.6 is 11.3 Å². The lowest BCUT2D eigenvalue weighted by atomic mass is 10.1. The van der Waals surface area contributed by atoms with E-state index in [-0.39, 0.29) is 23.0 Å². The van der Waals surface area contributed by atoms with Crippen LogP contribution in [0.1, 0.15) is 27.3 Å². The van der Waals surface area contributed by atoms with Crippen molar-refractivity contribution < 1.29 is 18.0 Å². The largest absolute Gasteiger partial charge is 0.433 e. The number of carbonyl (C=O) groups is 1. The number of rotatable bonds is 5. The molecule has 1 amide bonds. The first-order valence-electron chi connectivity index (χ1n) is 10.0. The van der Waals surface area contributed by atoms with Crippen molar-refractivity contribution in [2.45, 2.75) is 19.6 Å². The number of thiophene rings is 1. The lowest BCUT2D eigenvalue weighted by Gasteiger charge is -2.10. The number of carbonyl (C=O) groups excluding carboxylic acids is 1. The second kappa shape index (κ2) is 8.37. The number of amides is 1. The quantitative estimate of drug-likeness (QED) is 0.392. The fourth-order valence-electron chi connectivity index (χ4n) is 3.43. The van der Waals surface area contributed by atoms with Crippen LogP contribution < -0.4 is 5.32 Å². The second-order valence-electron chi connectivity index (χ2n) is 7.51. The van der Waals surface area contributed by atoms with Gasteiger partial charge in [-0.3, -0.25) is 10.1 Å². The zero-order valence-corrected chi connectivity index (χ0v) is 18.4. The summed E-state index contributed by atoms with van der Waals surface area (Å²) in [5.74, 6) is -0.734. The number of nitrogens with zero attached hydrogens (tertiary/aromatic N) is 6. The van der Waals surface area contributed by atoms with Crippen LogP contribution in [0, 0.1) is 6.92 Å². The van der Waals surface area contributed by atoms with E-state index in [0.29, 0.717) is 15.9 Å². The minimum atomic E-state index is -4.69. The predicted octanol–water partition coefficient (Wildman–Crippen LogP) is 4.68. The number of benzene rings is 1. The van der Waals surface area contributed by atoms with Gasteiger partial charge in [-0.2, -0.15) is 18.3 Å². The molecule has 12 heteroatoms. The molecule has 0 spiro atoms. The van der Waals surface area contributed by atoms with Crippen LogP contribution in [-0.2, 0) is 12.7 Å². The van der Waals surface area contributed by atoms with Gasteiger partial charge in [-0.25, -0.2) is 19.2 Å². The molecule has 4 aromatic heterocycles. The summed E-state index contributed by atoms with van der Waals surface area (Å²) in [6.07, 6.45) is -3.23. The van der Waals surface area contributed by atoms with Crippen LogP contribution in [0.5, 0.6) is 0 Å². The monoisotopic (exact) mass is 483 g/mol. The van der Waals surface area contributed by atoms with Crippen molar-refractivity contribution in [2.24, 2.45) is 0 Å². The number of hydrogen-bond acceptors (Lipinski definition) is 6. The molecule has 0 aliphatic rings. The van der Waals surface area contributed by atoms with Gasteiger partial charge in [0.25, 0.3) is 5.91 Å². The Morgan fingerprint density at radius 2 is 1.97 bits per heavy atom. The second-order valence-corrected chi connectivity index (χ2v) is 8.46. The zero-order valence-electron chi connectivity index (χ0n) is 17.6. The maximum absolute atomic E-state index is 13.7. The zero-order chi connectivity index (χ0) is 23.9. The summed E-state index contributed by atoms with van der Waals surface area (Å²) < 4.78 is 43.3. The summed E-state index contributed by atoms with van der Waals surface area (Å²) in [5.41, 5.74) is 0.902. The highest BCUT2D eigenvalue weighted by Gasteiger charge is 2.35. The van der Waals surface area contributed by atoms with Gasteiger partial charge in [0.1, 0.15) is 6.33 Å². The molecule has 5 aromatic rings. The lowest BCUT2D eigenvalue weighted by Crippen LogP contribution is -2.16. The molecule has 0 unspecified atom stereocenters. The molecular weight excluding hydrogens is 467 g/mol. The first kappa shape index (κ1) is 21.8. The molecule has 0 aliphatic carbocycles. The standard InChI is InChI=1S/C22H16F3N7OS/c1-13-4-2-5-14(8-13)11-31-12-26-21(30-31)28-20(33)16-10-19-27-15(17-6-3-7-34-17)9-18(22(23,24)25)32(19)29-16/h2-10,12H,11H2,1H3,(H,28,30,33). The third-order valence-corrected chi connectivity index (χ3v) is 5.81. The van der Waals surface area contributed by atoms with E-state index >= 15 is 0 Å². The Morgan fingerprint density at radius 3 is 2.71 bits per heavy atom. The van der Waals surface area contributed by atoms with Gasteiger partial charge in [0.2, 0.25) is 5.95 Å². The van der Waals surface area contributed by atoms with Gasteiger partial charge in [-0.05, 0) is 30.0 Å². The van der Waals surface area contributed by atoms with Crippen LogP contribution in [0.3, 0.4) is 0 Å². The van der Waals surface area contributed by atoms with Crippen molar-refractivity contribution in [3.63, 3.8) is 0 Å². The number of anilines is 1. The minimum absolute atomic E-state index is 0.0120. The molecule has 34 heavy (non-hydrogen) atoms. The average molecular weight is 483 g/mol. The summed E-state index contributed by atoms with van der Waals surface area (Å²) in [7, 11) is 0. The Hall–Kier alpha value is -4.06. The van der Waals surface area contributed by atoms with E-state index in [0.717, 1.165) is 17.2 Å². The first-order chi connectivity index (χ1) is 16.3. The molecule has 8 nitrogen and oxygen atoms in total. The van der Waals surface area contributed by atoms with Crippen molar-refractivity contribution >= 4 is 28.8 Å². The number of hydrogen-bond donors (Lipinski definition) is 1. The highest BCUT2D eigenvalue weighted by Crippen LogP contribution is 2.33. The molecule has 4 heterocycles. The maximum Gasteiger partial charge on any atom is 0.433 e. The predicted molar refractivity (Wildman–Crippen MR) is 120 cm³/mol. The molecule has 0 radical (unpaired) electrons. The molecule has 0 bridgehead atoms. The molecule has 0 fully saturated rings. The van der Waals surface area contributed by atoms with Crippen LogP contribution in [0.4, 0.5) is 19.1 Å². The molecule has 0 atom stereocenters. The van der Waals surface area contributed by atoms with Crippen molar-refractivity contribution in [1.29, 1.82) is 0 Å². The number of nitrogens with one attached hydrogen (secondary N) is 1. The topological polar surface area (TPSA) is 90.0 Å². The molecule has 1 aromatic carbocycles. The summed E-state index contributed by atoms with van der Waals surface area (Å²) >= 11 is 1.26. The number of fused-ring (bicyclic) bond motifs is 1. The number of halogens is 3. The normalized spacial score (nSPS) is 11.8. The van der Waals surface area contributed by atoms with Crippen molar-refractivity contribution in [3.05, 3.63) is 82.8 Å². The molecule has 172 valence electrons. The van der Waals surface area contributed by atoms with Gasteiger partial charge < -0.3 is 0 Å². The lowest BCUT2D eigenvalue weighted by molar-refractivity contribution is -0.142. The minimum Gasteiger partial charge on any atom is -0.288 e. The van der Waals surface area contributed by atoms with Gasteiger partial charge in [-0.1, -0.05) is 35.9 Å². The van der Waals surface area contributed by atoms with Crippen LogP contribution in [0.15, 0.2) is 60.2 Å². The van der Waals surface area contributed by atoms with Crippen molar-refractivity contribution in [2.75, 3.05) is 5.32 Å². The summed E-state index contributed by atoms with van der Waals surface area (Å²) in [4.78, 5) is 21.6. The van der Waals surface area contributed by atoms with Gasteiger partial charge in [0.15, 0.2) is 17.0 Å². The van der Waals surface area contributed by atoms with Crippen LogP contribution in [0.25, 0.3) is 16.2 Å². The summed E-state index contributed by atoms with van der Waals surface area (Å²) in [6.45, 7) is 2.43. The van der Waals surface area contributed by atoms with E-state index in [1.54, 1.807) is 22.2 Å². The van der Waals surface area contributed by atoms with Gasteiger partial charge in [0.05, 0.1) is 17.1 Å². The third-order valence-electron chi connectivity index (χ3n) is 4.91. The van der Waals surface area contributed by atoms with E-state index in [1.807, 2.05) is 31.2 Å². The summed E-state index contributed by atoms with van der Waals surface area (Å²) in [6, 6.07) is 13.4. The fourth-order valence-corrected chi connectivity index (χ4v) is 4.12. The van der Waals surface area contributed by atoms with Gasteiger partial charge >= 0.3 is 6.18 Å². The van der Waals surface area contributed by atoms with Crippen LogP contribution in [-0.4, -0.2) is 35.3 Å². The molecule has 1 N–H and O–H groups in total. The average Bonchev–Trinajstić information content (AvgIpc) is 3.53. The van der Waals surface area contributed by atoms with E-state index in [9.17, 15) is 18.0 Å². The maximum atomic E-state index is 13.7. The molecular formula is C22H16F3N7OS. The van der Waals surface area contributed by atoms with Gasteiger partial charge in [0, 0.05) is 6.07 Å². The Kier molecular flexibility index (Phi) is 5.36. The van der Waals surface area contributed by atoms with E-state index in [1.165, 1.54) is 23.7 Å². The Bertz CT molecular complexity index is 1490. The Labute approximate surface area is 194 Å². The fraction of sp³-hybridized carbons (Fsp3) is 0.136. The van der Waals surface area contributed by atoms with E-state index < -0.39 is 17.8 Å². The Morgan fingerprint density at radius 1 is 1.12 bits per heavy atom. The number of alkyl halides is 3. The number of aryl methyl sites for hydroxylation is 1. The SMILES string of the molecule is Cc1cccc(Cn2cnc(NC(=O)c3cc4nc(-c5cccs5)cc(C(F)(F)F)n4n3)n2)c1. The summed E-state index contributed by atoms with van der Waals surface area (Å²) in [5, 5.41) is 12.3. The number of aromatic nitrogens is 6. The van der Waals surface area contributed by atoms with Gasteiger partial charge in [-0.15, -0.1) is 16.4 Å². The molecule has 0 saturated heterocycles.